The lowest BCUT2D eigenvalue weighted by molar-refractivity contribution is -0.384. The van der Waals surface area contributed by atoms with E-state index in [1.54, 1.807) is 6.92 Å². The second kappa shape index (κ2) is 7.22. The van der Waals surface area contributed by atoms with Crippen LogP contribution in [-0.2, 0) is 14.3 Å². The van der Waals surface area contributed by atoms with Crippen molar-refractivity contribution in [2.45, 2.75) is 6.92 Å². The zero-order valence-electron chi connectivity index (χ0n) is 12.0. The number of anilines is 1. The van der Waals surface area contributed by atoms with Crippen LogP contribution in [0.15, 0.2) is 18.2 Å². The normalized spacial score (nSPS) is 9.86. The van der Waals surface area contributed by atoms with Gasteiger partial charge in [-0.25, -0.2) is 4.79 Å². The lowest BCUT2D eigenvalue weighted by atomic mass is 10.1. The van der Waals surface area contributed by atoms with Gasteiger partial charge in [0.15, 0.2) is 0 Å². The van der Waals surface area contributed by atoms with Crippen LogP contribution in [-0.4, -0.2) is 44.2 Å². The number of nitro groups is 1. The fourth-order valence-electron chi connectivity index (χ4n) is 1.83. The van der Waals surface area contributed by atoms with Crippen molar-refractivity contribution in [2.75, 3.05) is 32.2 Å². The van der Waals surface area contributed by atoms with Crippen LogP contribution >= 0.6 is 0 Å². The minimum atomic E-state index is -0.718. The number of nitro benzene ring substituents is 1. The predicted molar refractivity (Wildman–Crippen MR) is 74.3 cm³/mol. The molecular weight excluding hydrogens is 280 g/mol. The molecule has 8 nitrogen and oxygen atoms in total. The van der Waals surface area contributed by atoms with Gasteiger partial charge in [-0.05, 0) is 13.0 Å². The highest BCUT2D eigenvalue weighted by molar-refractivity contribution is 5.99. The number of rotatable bonds is 6. The highest BCUT2D eigenvalue weighted by Crippen LogP contribution is 2.31. The number of carbonyl (C=O) groups excluding carboxylic acids is 2. The molecule has 0 aliphatic heterocycles. The molecule has 1 aromatic rings. The smallest absolute Gasteiger partial charge is 0.340 e. The first-order valence-corrected chi connectivity index (χ1v) is 6.14. The summed E-state index contributed by atoms with van der Waals surface area (Å²) in [5, 5.41) is 11.1. The molecule has 0 unspecified atom stereocenters. The number of ether oxygens (including phenoxy) is 2. The third-order valence-electron chi connectivity index (χ3n) is 2.67. The molecule has 0 bridgehead atoms. The first-order chi connectivity index (χ1) is 9.92. The molecular formula is C13H16N2O6. The van der Waals surface area contributed by atoms with Gasteiger partial charge in [-0.15, -0.1) is 0 Å². The van der Waals surface area contributed by atoms with E-state index in [4.69, 9.17) is 4.74 Å². The van der Waals surface area contributed by atoms with Gasteiger partial charge >= 0.3 is 11.9 Å². The molecule has 8 heteroatoms. The van der Waals surface area contributed by atoms with Crippen molar-refractivity contribution in [3.05, 3.63) is 33.9 Å². The quantitative estimate of drug-likeness (QED) is 0.444. The summed E-state index contributed by atoms with van der Waals surface area (Å²) in [6.07, 6.45) is 0. The maximum absolute atomic E-state index is 11.7. The minimum Gasteiger partial charge on any atom is -0.465 e. The highest BCUT2D eigenvalue weighted by Gasteiger charge is 2.26. The Kier molecular flexibility index (Phi) is 5.65. The average molecular weight is 296 g/mol. The number of carbonyl (C=O) groups is 2. The van der Waals surface area contributed by atoms with Gasteiger partial charge in [0.05, 0.1) is 24.2 Å². The van der Waals surface area contributed by atoms with Crippen LogP contribution in [0.5, 0.6) is 0 Å². The van der Waals surface area contributed by atoms with Gasteiger partial charge in [0.1, 0.15) is 12.2 Å². The van der Waals surface area contributed by atoms with Crippen LogP contribution < -0.4 is 4.90 Å². The van der Waals surface area contributed by atoms with E-state index < -0.39 is 16.9 Å². The van der Waals surface area contributed by atoms with Crippen molar-refractivity contribution in [3.63, 3.8) is 0 Å². The molecule has 1 aromatic carbocycles. The fourth-order valence-corrected chi connectivity index (χ4v) is 1.83. The molecule has 0 fully saturated rings. The molecule has 0 aliphatic carbocycles. The number of likely N-dealkylation sites (N-methyl/N-ethyl adjacent to an activating group) is 1. The summed E-state index contributed by atoms with van der Waals surface area (Å²) in [6, 6.07) is 4.03. The molecule has 114 valence electrons. The molecule has 0 spiro atoms. The van der Waals surface area contributed by atoms with Crippen LogP contribution in [0.3, 0.4) is 0 Å². The van der Waals surface area contributed by atoms with E-state index in [0.29, 0.717) is 0 Å². The summed E-state index contributed by atoms with van der Waals surface area (Å²) in [5.74, 6) is -1.27. The van der Waals surface area contributed by atoms with E-state index in [1.165, 1.54) is 37.3 Å². The zero-order valence-corrected chi connectivity index (χ0v) is 12.0. The molecule has 1 rings (SSSR count). The van der Waals surface area contributed by atoms with Crippen LogP contribution in [0.4, 0.5) is 11.4 Å². The fraction of sp³-hybridized carbons (Fsp3) is 0.385. The van der Waals surface area contributed by atoms with Crippen molar-refractivity contribution in [1.29, 1.82) is 0 Å². The van der Waals surface area contributed by atoms with Crippen molar-refractivity contribution in [2.24, 2.45) is 0 Å². The molecule has 0 atom stereocenters. The van der Waals surface area contributed by atoms with Gasteiger partial charge in [0, 0.05) is 13.1 Å². The molecule has 0 saturated heterocycles. The van der Waals surface area contributed by atoms with E-state index in [2.05, 4.69) is 4.74 Å². The van der Waals surface area contributed by atoms with Gasteiger partial charge in [-0.1, -0.05) is 6.07 Å². The Hall–Kier alpha value is -2.64. The zero-order chi connectivity index (χ0) is 16.0. The SMILES string of the molecule is CCOC(=O)CN(C)c1c(C(=O)OC)cccc1[N+](=O)[O-]. The number of esters is 2. The average Bonchev–Trinajstić information content (AvgIpc) is 2.45. The van der Waals surface area contributed by atoms with Crippen molar-refractivity contribution < 1.29 is 24.0 Å². The van der Waals surface area contributed by atoms with Crippen molar-refractivity contribution in [3.8, 4) is 0 Å². The number of hydrogen-bond donors (Lipinski definition) is 0. The summed E-state index contributed by atoms with van der Waals surface area (Å²) >= 11 is 0. The lowest BCUT2D eigenvalue weighted by Gasteiger charge is -2.20. The molecule has 0 aliphatic rings. The van der Waals surface area contributed by atoms with E-state index >= 15 is 0 Å². The largest absolute Gasteiger partial charge is 0.465 e. The second-order valence-corrected chi connectivity index (χ2v) is 4.08. The van der Waals surface area contributed by atoms with Gasteiger partial charge < -0.3 is 14.4 Å². The van der Waals surface area contributed by atoms with Gasteiger partial charge in [0.2, 0.25) is 0 Å². The first-order valence-electron chi connectivity index (χ1n) is 6.14. The Morgan fingerprint density at radius 1 is 1.38 bits per heavy atom. The number of hydrogen-bond acceptors (Lipinski definition) is 7. The standard InChI is InChI=1S/C13H16N2O6/c1-4-21-11(16)8-14(2)12-9(13(17)20-3)6-5-7-10(12)15(18)19/h5-7H,4,8H2,1-3H3. The number of benzene rings is 1. The van der Waals surface area contributed by atoms with Gasteiger partial charge in [-0.2, -0.15) is 0 Å². The Labute approximate surface area is 121 Å². The van der Waals surface area contributed by atoms with Crippen LogP contribution in [0, 0.1) is 10.1 Å². The summed E-state index contributed by atoms with van der Waals surface area (Å²) in [4.78, 5) is 35.0. The first kappa shape index (κ1) is 16.4. The van der Waals surface area contributed by atoms with E-state index in [0.717, 1.165) is 0 Å². The Bertz CT molecular complexity index is 558. The van der Waals surface area contributed by atoms with Crippen LogP contribution in [0.2, 0.25) is 0 Å². The Morgan fingerprint density at radius 3 is 2.57 bits per heavy atom. The molecule has 0 heterocycles. The number of para-hydroxylation sites is 1. The number of methoxy groups -OCH3 is 1. The second-order valence-electron chi connectivity index (χ2n) is 4.08. The summed E-state index contributed by atoms with van der Waals surface area (Å²) in [6.45, 7) is 1.64. The molecule has 0 aromatic heterocycles. The van der Waals surface area contributed by atoms with Crippen LogP contribution in [0.1, 0.15) is 17.3 Å². The van der Waals surface area contributed by atoms with E-state index in [1.807, 2.05) is 0 Å². The third-order valence-corrected chi connectivity index (χ3v) is 2.67. The lowest BCUT2D eigenvalue weighted by Crippen LogP contribution is -2.29. The summed E-state index contributed by atoms with van der Waals surface area (Å²) in [5.41, 5.74) is -0.259. The van der Waals surface area contributed by atoms with Crippen molar-refractivity contribution in [1.82, 2.24) is 0 Å². The number of nitrogens with zero attached hydrogens (tertiary/aromatic N) is 2. The van der Waals surface area contributed by atoms with E-state index in [9.17, 15) is 19.7 Å². The summed E-state index contributed by atoms with van der Waals surface area (Å²) in [7, 11) is 2.64. The third kappa shape index (κ3) is 3.91. The maximum atomic E-state index is 11.7. The molecule has 0 radical (unpaired) electrons. The molecule has 0 amide bonds. The molecule has 0 saturated carbocycles. The van der Waals surface area contributed by atoms with Gasteiger partial charge in [-0.3, -0.25) is 14.9 Å². The summed E-state index contributed by atoms with van der Waals surface area (Å²) < 4.78 is 9.40. The predicted octanol–water partition coefficient (Wildman–Crippen LogP) is 1.38. The van der Waals surface area contributed by atoms with Crippen LogP contribution in [0.25, 0.3) is 0 Å². The molecule has 21 heavy (non-hydrogen) atoms. The maximum Gasteiger partial charge on any atom is 0.340 e. The highest BCUT2D eigenvalue weighted by atomic mass is 16.6. The Balaban J connectivity index is 3.25. The topological polar surface area (TPSA) is 99.0 Å². The molecule has 0 N–H and O–H groups in total. The van der Waals surface area contributed by atoms with Crippen molar-refractivity contribution >= 4 is 23.3 Å². The monoisotopic (exact) mass is 296 g/mol. The van der Waals surface area contributed by atoms with Gasteiger partial charge in [0.25, 0.3) is 5.69 Å². The van der Waals surface area contributed by atoms with E-state index in [-0.39, 0.29) is 30.1 Å². The minimum absolute atomic E-state index is 0.0125. The Morgan fingerprint density at radius 2 is 2.05 bits per heavy atom.